The zero-order chi connectivity index (χ0) is 15.3. The molecule has 0 aromatic heterocycles. The highest BCUT2D eigenvalue weighted by molar-refractivity contribution is 6.36. The lowest BCUT2D eigenvalue weighted by Gasteiger charge is -2.38. The van der Waals surface area contributed by atoms with Crippen LogP contribution in [0, 0.1) is 5.92 Å². The highest BCUT2D eigenvalue weighted by atomic mass is 35.5. The molecule has 0 radical (unpaired) electrons. The van der Waals surface area contributed by atoms with E-state index in [1.807, 2.05) is 11.0 Å². The van der Waals surface area contributed by atoms with E-state index < -0.39 is 0 Å². The van der Waals surface area contributed by atoms with Gasteiger partial charge in [0, 0.05) is 29.9 Å². The van der Waals surface area contributed by atoms with Crippen molar-refractivity contribution in [1.82, 2.24) is 4.90 Å². The fourth-order valence-corrected chi connectivity index (χ4v) is 4.56. The zero-order valence-electron chi connectivity index (χ0n) is 12.2. The number of halogens is 2. The molecule has 0 bridgehead atoms. The maximum Gasteiger partial charge on any atom is 0.245 e. The topological polar surface area (TPSA) is 32.3 Å². The Kier molecular flexibility index (Phi) is 3.58. The maximum atomic E-state index is 12.9. The monoisotopic (exact) mass is 336 g/mol. The van der Waals surface area contributed by atoms with E-state index in [9.17, 15) is 4.79 Å². The fourth-order valence-electron chi connectivity index (χ4n) is 4.00. The summed E-state index contributed by atoms with van der Waals surface area (Å²) in [6.07, 6.45) is 7.51. The van der Waals surface area contributed by atoms with Gasteiger partial charge in [-0.3, -0.25) is 4.79 Å². The van der Waals surface area contributed by atoms with Gasteiger partial charge in [0.25, 0.3) is 0 Å². The Morgan fingerprint density at radius 2 is 2.00 bits per heavy atom. The van der Waals surface area contributed by atoms with Gasteiger partial charge in [0.1, 0.15) is 6.04 Å². The highest BCUT2D eigenvalue weighted by Gasteiger charge is 2.43. The van der Waals surface area contributed by atoms with E-state index >= 15 is 0 Å². The van der Waals surface area contributed by atoms with Crippen molar-refractivity contribution in [3.8, 4) is 0 Å². The number of benzene rings is 1. The molecular weight excluding hydrogens is 319 g/mol. The minimum Gasteiger partial charge on any atom is -0.372 e. The Labute approximate surface area is 140 Å². The summed E-state index contributed by atoms with van der Waals surface area (Å²) < 4.78 is 0. The van der Waals surface area contributed by atoms with Gasteiger partial charge in [-0.15, -0.1) is 0 Å². The first-order valence-corrected chi connectivity index (χ1v) is 8.61. The van der Waals surface area contributed by atoms with Gasteiger partial charge in [-0.25, -0.2) is 0 Å². The van der Waals surface area contributed by atoms with Crippen LogP contribution < -0.4 is 5.32 Å². The van der Waals surface area contributed by atoms with Crippen LogP contribution in [-0.4, -0.2) is 29.9 Å². The molecule has 1 aromatic rings. The number of nitrogens with one attached hydrogen (secondary N) is 1. The molecule has 5 heteroatoms. The van der Waals surface area contributed by atoms with Gasteiger partial charge in [-0.2, -0.15) is 0 Å². The van der Waals surface area contributed by atoms with Crippen LogP contribution in [0.5, 0.6) is 0 Å². The highest BCUT2D eigenvalue weighted by Crippen LogP contribution is 2.48. The predicted molar refractivity (Wildman–Crippen MR) is 89.7 cm³/mol. The zero-order valence-corrected chi connectivity index (χ0v) is 13.7. The molecule has 0 spiro atoms. The number of carbonyl (C=O) groups is 1. The molecular formula is C17H18Cl2N2O. The van der Waals surface area contributed by atoms with E-state index in [-0.39, 0.29) is 23.8 Å². The minimum absolute atomic E-state index is 0.190. The largest absolute Gasteiger partial charge is 0.372 e. The van der Waals surface area contributed by atoms with E-state index in [0.717, 1.165) is 43.6 Å². The number of hydrogen-bond donors (Lipinski definition) is 1. The summed E-state index contributed by atoms with van der Waals surface area (Å²) in [5, 5.41) is 4.66. The first-order chi connectivity index (χ1) is 10.6. The van der Waals surface area contributed by atoms with Crippen molar-refractivity contribution in [2.75, 3.05) is 18.4 Å². The van der Waals surface area contributed by atoms with Gasteiger partial charge in [0.15, 0.2) is 0 Å². The number of amides is 1. The van der Waals surface area contributed by atoms with Crippen molar-refractivity contribution in [3.05, 3.63) is 39.9 Å². The Hall–Kier alpha value is -1.19. The molecule has 22 heavy (non-hydrogen) atoms. The third-order valence-electron chi connectivity index (χ3n) is 5.07. The van der Waals surface area contributed by atoms with Crippen LogP contribution in [0.2, 0.25) is 10.0 Å². The lowest BCUT2D eigenvalue weighted by Crippen LogP contribution is -2.48. The summed E-state index contributed by atoms with van der Waals surface area (Å²) in [5.74, 6) is 0.701. The van der Waals surface area contributed by atoms with Crippen LogP contribution in [0.15, 0.2) is 24.3 Å². The van der Waals surface area contributed by atoms with Crippen LogP contribution >= 0.6 is 23.2 Å². The van der Waals surface area contributed by atoms with E-state index in [4.69, 9.17) is 23.2 Å². The molecule has 1 fully saturated rings. The molecule has 1 saturated heterocycles. The third-order valence-corrected chi connectivity index (χ3v) is 5.59. The van der Waals surface area contributed by atoms with Crippen molar-refractivity contribution in [2.24, 2.45) is 5.92 Å². The van der Waals surface area contributed by atoms with Crippen molar-refractivity contribution >= 4 is 34.8 Å². The van der Waals surface area contributed by atoms with Crippen LogP contribution in [0.25, 0.3) is 0 Å². The van der Waals surface area contributed by atoms with Crippen LogP contribution in [-0.2, 0) is 4.79 Å². The summed E-state index contributed by atoms with van der Waals surface area (Å²) >= 11 is 12.5. The lowest BCUT2D eigenvalue weighted by atomic mass is 9.79. The summed E-state index contributed by atoms with van der Waals surface area (Å²) in [5.41, 5.74) is 1.98. The molecule has 2 aliphatic heterocycles. The number of allylic oxidation sites excluding steroid dienone is 2. The summed E-state index contributed by atoms with van der Waals surface area (Å²) in [6.45, 7) is 1.76. The average Bonchev–Trinajstić information content (AvgIpc) is 3.17. The molecule has 1 aromatic carbocycles. The molecule has 1 N–H and O–H groups in total. The first kappa shape index (κ1) is 14.4. The van der Waals surface area contributed by atoms with Gasteiger partial charge < -0.3 is 10.2 Å². The number of likely N-dealkylation sites (tertiary alicyclic amines) is 1. The van der Waals surface area contributed by atoms with Crippen LogP contribution in [0.1, 0.15) is 30.7 Å². The summed E-state index contributed by atoms with van der Waals surface area (Å²) in [6, 6.07) is 3.52. The van der Waals surface area contributed by atoms with Crippen LogP contribution in [0.3, 0.4) is 0 Å². The molecule has 4 rings (SSSR count). The quantitative estimate of drug-likeness (QED) is 0.784. The molecule has 3 nitrogen and oxygen atoms in total. The Morgan fingerprint density at radius 1 is 1.23 bits per heavy atom. The second kappa shape index (κ2) is 5.47. The smallest absolute Gasteiger partial charge is 0.245 e. The number of rotatable bonds is 1. The summed E-state index contributed by atoms with van der Waals surface area (Å²) in [7, 11) is 0. The second-order valence-corrected chi connectivity index (χ2v) is 7.20. The van der Waals surface area contributed by atoms with Crippen molar-refractivity contribution in [3.63, 3.8) is 0 Å². The number of carbonyl (C=O) groups excluding carboxylic acids is 1. The lowest BCUT2D eigenvalue weighted by molar-refractivity contribution is -0.132. The number of hydrogen-bond acceptors (Lipinski definition) is 2. The number of fused-ring (bicyclic) bond motifs is 3. The van der Waals surface area contributed by atoms with Crippen molar-refractivity contribution in [2.45, 2.75) is 31.2 Å². The molecule has 1 aliphatic carbocycles. The molecule has 1 amide bonds. The molecule has 3 unspecified atom stereocenters. The van der Waals surface area contributed by atoms with Gasteiger partial charge in [-0.1, -0.05) is 35.4 Å². The Balaban J connectivity index is 1.72. The van der Waals surface area contributed by atoms with Crippen LogP contribution in [0.4, 0.5) is 5.69 Å². The molecule has 3 aliphatic rings. The van der Waals surface area contributed by atoms with Gasteiger partial charge >= 0.3 is 0 Å². The normalized spacial score (nSPS) is 29.2. The third kappa shape index (κ3) is 2.22. The molecule has 2 heterocycles. The van der Waals surface area contributed by atoms with Gasteiger partial charge in [0.2, 0.25) is 5.91 Å². The van der Waals surface area contributed by atoms with E-state index in [1.165, 1.54) is 0 Å². The maximum absolute atomic E-state index is 12.9. The van der Waals surface area contributed by atoms with Crippen molar-refractivity contribution in [1.29, 1.82) is 0 Å². The van der Waals surface area contributed by atoms with Gasteiger partial charge in [-0.05, 0) is 37.0 Å². The summed E-state index contributed by atoms with van der Waals surface area (Å²) in [4.78, 5) is 14.9. The Morgan fingerprint density at radius 3 is 2.77 bits per heavy atom. The number of nitrogens with zero attached hydrogens (tertiary/aromatic N) is 1. The first-order valence-electron chi connectivity index (χ1n) is 7.86. The molecule has 0 saturated carbocycles. The Bertz CT molecular complexity index is 652. The second-order valence-electron chi connectivity index (χ2n) is 6.36. The SMILES string of the molecule is O=C(C1Nc2c(Cl)cc(Cl)cc2C2C=CCC12)N1CCCC1. The van der Waals surface area contributed by atoms with E-state index in [2.05, 4.69) is 17.5 Å². The van der Waals surface area contributed by atoms with E-state index in [1.54, 1.807) is 6.07 Å². The van der Waals surface area contributed by atoms with Crippen molar-refractivity contribution < 1.29 is 4.79 Å². The van der Waals surface area contributed by atoms with E-state index in [0.29, 0.717) is 10.0 Å². The molecule has 3 atom stereocenters. The number of anilines is 1. The standard InChI is InChI=1S/C17H18Cl2N2O/c18-10-8-13-11-4-3-5-12(11)16(20-15(13)14(19)9-10)17(22)21-6-1-2-7-21/h3-4,8-9,11-12,16,20H,1-2,5-7H2. The fraction of sp³-hybridized carbons (Fsp3) is 0.471. The minimum atomic E-state index is -0.190. The van der Waals surface area contributed by atoms with Gasteiger partial charge in [0.05, 0.1) is 10.7 Å². The predicted octanol–water partition coefficient (Wildman–Crippen LogP) is 4.07. The molecule has 116 valence electrons. The average molecular weight is 337 g/mol.